The van der Waals surface area contributed by atoms with E-state index in [0.29, 0.717) is 116 Å². The third kappa shape index (κ3) is 18.4. The molecule has 18 nitrogen and oxygen atoms in total. The molecule has 88 heavy (non-hydrogen) atoms. The Bertz CT molecular complexity index is 2690. The molecule has 2 unspecified atom stereocenters. The predicted molar refractivity (Wildman–Crippen MR) is 327 cm³/mol. The Labute approximate surface area is 517 Å². The second kappa shape index (κ2) is 32.8. The lowest BCUT2D eigenvalue weighted by Crippen LogP contribution is -2.51. The van der Waals surface area contributed by atoms with Crippen LogP contribution in [0.4, 0.5) is 18.4 Å². The number of carbonyl (C=O) groups is 6. The summed E-state index contributed by atoms with van der Waals surface area (Å²) in [6.07, 6.45) is 2.06. The molecule has 4 aliphatic heterocycles. The lowest BCUT2D eigenvalue weighted by Gasteiger charge is -2.40. The van der Waals surface area contributed by atoms with Crippen molar-refractivity contribution < 1.29 is 66.0 Å². The highest BCUT2D eigenvalue weighted by Gasteiger charge is 2.41. The molecule has 0 aromatic heterocycles. The zero-order valence-corrected chi connectivity index (χ0v) is 52.2. The lowest BCUT2D eigenvalue weighted by molar-refractivity contribution is -0.180. The molecule has 0 aliphatic carbocycles. The van der Waals surface area contributed by atoms with Crippen molar-refractivity contribution in [3.63, 3.8) is 0 Å². The maximum atomic E-state index is 15.5. The molecule has 0 spiro atoms. The standard InChI is InChI=1S/C68H90F2N6O12/c1-7-43-83-57-23-15-51(16-24-57)61(63(77)73(41-27-49-11-19-53(69)20-12-49)55-29-37-71(38-30-55)33-9-35-75-59(47(3)4)45-85-67(75)81)87-65(79)66(80)88-62(52-17-25-58(26-18-52)84-44-8-2)64(78)74(42-28-50-13-21-54(70)22-14-50)56-31-39-72(40-32-56)34-10-36-76-60(48(5)6)46-86-68(76)82/h11-26,47-48,55-56,59-62H,7-10,27-46H2,1-6H3/t59-,60-,61?,62?/m1/s1. The van der Waals surface area contributed by atoms with Crippen molar-refractivity contribution in [3.05, 3.63) is 131 Å². The van der Waals surface area contributed by atoms with Crippen molar-refractivity contribution in [2.24, 2.45) is 11.8 Å². The van der Waals surface area contributed by atoms with Crippen molar-refractivity contribution >= 4 is 35.9 Å². The number of nitrogens with zero attached hydrogens (tertiary/aromatic N) is 6. The van der Waals surface area contributed by atoms with Gasteiger partial charge in [0.05, 0.1) is 25.3 Å². The van der Waals surface area contributed by atoms with Crippen LogP contribution in [0.3, 0.4) is 0 Å². The van der Waals surface area contributed by atoms with Crippen molar-refractivity contribution in [2.45, 2.75) is 142 Å². The largest absolute Gasteiger partial charge is 0.494 e. The average molecular weight is 1220 g/mol. The van der Waals surface area contributed by atoms with Crippen LogP contribution in [0.2, 0.25) is 0 Å². The number of carbonyl (C=O) groups excluding carboxylic acids is 6. The van der Waals surface area contributed by atoms with Crippen LogP contribution in [0.1, 0.15) is 127 Å². The molecule has 4 heterocycles. The number of hydrogen-bond acceptors (Lipinski definition) is 14. The number of likely N-dealkylation sites (tertiary alicyclic amines) is 2. The van der Waals surface area contributed by atoms with Gasteiger partial charge in [-0.25, -0.2) is 28.0 Å². The van der Waals surface area contributed by atoms with E-state index in [1.807, 2.05) is 23.6 Å². The van der Waals surface area contributed by atoms with Crippen LogP contribution in [0.15, 0.2) is 97.1 Å². The number of rotatable bonds is 30. The Morgan fingerprint density at radius 2 is 0.875 bits per heavy atom. The topological polar surface area (TPSA) is 177 Å². The molecule has 0 radical (unpaired) electrons. The van der Waals surface area contributed by atoms with Gasteiger partial charge in [-0.1, -0.05) is 90.1 Å². The normalized spacial score (nSPS) is 18.5. The maximum absolute atomic E-state index is 15.5. The Kier molecular flexibility index (Phi) is 24.8. The van der Waals surface area contributed by atoms with Crippen molar-refractivity contribution in [3.8, 4) is 11.5 Å². The molecule has 0 saturated carbocycles. The quantitative estimate of drug-likeness (QED) is 0.0274. The minimum atomic E-state index is -1.65. The fourth-order valence-corrected chi connectivity index (χ4v) is 12.2. The van der Waals surface area contributed by atoms with E-state index in [1.54, 1.807) is 82.6 Å². The highest BCUT2D eigenvalue weighted by molar-refractivity contribution is 6.30. The summed E-state index contributed by atoms with van der Waals surface area (Å²) in [4.78, 5) is 97.1. The molecule has 4 aromatic carbocycles. The fraction of sp³-hybridized carbons (Fsp3) is 0.559. The first kappa shape index (κ1) is 66.6. The molecule has 8 rings (SSSR count). The Morgan fingerprint density at radius 3 is 1.20 bits per heavy atom. The van der Waals surface area contributed by atoms with Gasteiger partial charge in [0.2, 0.25) is 12.2 Å². The van der Waals surface area contributed by atoms with E-state index in [2.05, 4.69) is 37.5 Å². The summed E-state index contributed by atoms with van der Waals surface area (Å²) in [5.74, 6) is -3.38. The predicted octanol–water partition coefficient (Wildman–Crippen LogP) is 10.2. The van der Waals surface area contributed by atoms with E-state index in [-0.39, 0.29) is 72.4 Å². The number of amides is 4. The van der Waals surface area contributed by atoms with Gasteiger partial charge >= 0.3 is 24.1 Å². The Morgan fingerprint density at radius 1 is 0.523 bits per heavy atom. The highest BCUT2D eigenvalue weighted by Crippen LogP contribution is 2.32. The van der Waals surface area contributed by atoms with Gasteiger partial charge < -0.3 is 57.8 Å². The van der Waals surface area contributed by atoms with Gasteiger partial charge in [-0.15, -0.1) is 0 Å². The summed E-state index contributed by atoms with van der Waals surface area (Å²) in [6.45, 7) is 19.4. The summed E-state index contributed by atoms with van der Waals surface area (Å²) in [5, 5.41) is 0. The number of cyclic esters (lactones) is 2. The number of hydrogen-bond donors (Lipinski definition) is 0. The number of piperidine rings is 2. The summed E-state index contributed by atoms with van der Waals surface area (Å²) in [5.41, 5.74) is 2.11. The summed E-state index contributed by atoms with van der Waals surface area (Å²) in [6, 6.07) is 24.7. The Balaban J connectivity index is 1.03. The summed E-state index contributed by atoms with van der Waals surface area (Å²) >= 11 is 0. The van der Waals surface area contributed by atoms with Crippen molar-refractivity contribution in [1.29, 1.82) is 0 Å². The van der Waals surface area contributed by atoms with Gasteiger partial charge in [0.15, 0.2) is 0 Å². The third-order valence-corrected chi connectivity index (χ3v) is 17.4. The average Bonchev–Trinajstić information content (AvgIpc) is 3.37. The van der Waals surface area contributed by atoms with Crippen LogP contribution >= 0.6 is 0 Å². The first-order chi connectivity index (χ1) is 42.5. The first-order valence-electron chi connectivity index (χ1n) is 31.8. The van der Waals surface area contributed by atoms with E-state index in [9.17, 15) is 28.0 Å². The molecule has 4 aliphatic rings. The van der Waals surface area contributed by atoms with Gasteiger partial charge in [-0.3, -0.25) is 9.59 Å². The van der Waals surface area contributed by atoms with Crippen molar-refractivity contribution in [2.75, 3.05) is 91.9 Å². The molecule has 4 aromatic rings. The third-order valence-electron chi connectivity index (χ3n) is 17.4. The first-order valence-corrected chi connectivity index (χ1v) is 31.8. The van der Waals surface area contributed by atoms with E-state index in [1.165, 1.54) is 24.3 Å². The summed E-state index contributed by atoms with van der Waals surface area (Å²) < 4.78 is 63.0. The van der Waals surface area contributed by atoms with Gasteiger partial charge in [0, 0.05) is 75.6 Å². The lowest BCUT2D eigenvalue weighted by atomic mass is 9.99. The van der Waals surface area contributed by atoms with Gasteiger partial charge in [0.1, 0.15) is 36.3 Å². The van der Waals surface area contributed by atoms with Crippen LogP contribution in [0.5, 0.6) is 11.5 Å². The van der Waals surface area contributed by atoms with E-state index >= 15 is 9.59 Å². The minimum absolute atomic E-state index is 0.0244. The van der Waals surface area contributed by atoms with Crippen LogP contribution in [0, 0.1) is 23.5 Å². The van der Waals surface area contributed by atoms with Gasteiger partial charge in [0.25, 0.3) is 11.8 Å². The van der Waals surface area contributed by atoms with Crippen LogP contribution in [-0.4, -0.2) is 181 Å². The zero-order valence-electron chi connectivity index (χ0n) is 52.2. The zero-order chi connectivity index (χ0) is 62.7. The molecule has 4 amide bonds. The molecule has 0 bridgehead atoms. The van der Waals surface area contributed by atoms with Crippen molar-refractivity contribution in [1.82, 2.24) is 29.4 Å². The van der Waals surface area contributed by atoms with Gasteiger partial charge in [-0.2, -0.15) is 0 Å². The molecule has 4 saturated heterocycles. The Hall–Kier alpha value is -7.32. The SMILES string of the molecule is CCCOc1ccc(C(OC(=O)C(=O)OC(C(=O)N(CCc2ccc(F)cc2)C2CCN(CCCN3C(=O)OC[C@@H]3C(C)C)CC2)c2ccc(OCCC)cc2)C(=O)N(CCc2ccc(F)cc2)C2CCN(CCCN3C(=O)OC[C@@H]3C(C)C)CC2)cc1. The molecule has 478 valence electrons. The fourth-order valence-electron chi connectivity index (χ4n) is 12.2. The molecule has 0 N–H and O–H groups in total. The number of ether oxygens (including phenoxy) is 6. The van der Waals surface area contributed by atoms with Crippen LogP contribution in [-0.2, 0) is 51.0 Å². The highest BCUT2D eigenvalue weighted by atomic mass is 19.1. The van der Waals surface area contributed by atoms with E-state index in [0.717, 1.165) is 49.9 Å². The number of halogens is 2. The minimum Gasteiger partial charge on any atom is -0.494 e. The van der Waals surface area contributed by atoms with Crippen LogP contribution in [0.25, 0.3) is 0 Å². The van der Waals surface area contributed by atoms with Gasteiger partial charge in [-0.05, 0) is 149 Å². The number of esters is 2. The molecular weight excluding hydrogens is 1130 g/mol. The number of benzene rings is 4. The summed E-state index contributed by atoms with van der Waals surface area (Å²) in [7, 11) is 0. The van der Waals surface area contributed by atoms with E-state index < -0.39 is 47.6 Å². The molecule has 4 fully saturated rings. The second-order valence-corrected chi connectivity index (χ2v) is 24.2. The monoisotopic (exact) mass is 1220 g/mol. The maximum Gasteiger partial charge on any atom is 0.418 e. The molecular formula is C68H90F2N6O12. The molecule has 20 heteroatoms. The smallest absolute Gasteiger partial charge is 0.418 e. The van der Waals surface area contributed by atoms with Crippen LogP contribution < -0.4 is 9.47 Å². The molecule has 4 atom stereocenters. The van der Waals surface area contributed by atoms with E-state index in [4.69, 9.17) is 28.4 Å². The second-order valence-electron chi connectivity index (χ2n) is 24.2.